The molecule has 0 unspecified atom stereocenters. The fraction of sp³-hybridized carbons (Fsp3) is 0.0556. The second-order valence-corrected chi connectivity index (χ2v) is 5.98. The van der Waals surface area contributed by atoms with Crippen LogP contribution in [0.15, 0.2) is 54.7 Å². The molecule has 0 radical (unpaired) electrons. The number of aliphatic hydroxyl groups excluding tert-OH is 1. The summed E-state index contributed by atoms with van der Waals surface area (Å²) in [6, 6.07) is 14.8. The van der Waals surface area contributed by atoms with Crippen molar-refractivity contribution in [3.63, 3.8) is 0 Å². The number of hydrogen-bond donors (Lipinski definition) is 4. The second-order valence-electron chi connectivity index (χ2n) is 5.57. The molecule has 2 heterocycles. The lowest BCUT2D eigenvalue weighted by molar-refractivity contribution is 0.282. The zero-order valence-electron chi connectivity index (χ0n) is 13.6. The van der Waals surface area contributed by atoms with E-state index in [-0.39, 0.29) is 6.61 Å². The third-order valence-electron chi connectivity index (χ3n) is 3.87. The van der Waals surface area contributed by atoms with Crippen molar-refractivity contribution >= 4 is 45.8 Å². The number of aromatic nitrogens is 4. The lowest BCUT2D eigenvalue weighted by Crippen LogP contribution is -2.03. The summed E-state index contributed by atoms with van der Waals surface area (Å²) in [5, 5.41) is 24.1. The molecule has 0 amide bonds. The van der Waals surface area contributed by atoms with Crippen LogP contribution in [0.4, 0.5) is 23.1 Å². The van der Waals surface area contributed by atoms with Crippen LogP contribution in [0.5, 0.6) is 0 Å². The quantitative estimate of drug-likeness (QED) is 0.426. The van der Waals surface area contributed by atoms with E-state index >= 15 is 0 Å². The molecule has 0 saturated carbocycles. The molecule has 0 fully saturated rings. The largest absolute Gasteiger partial charge is 0.392 e. The molecule has 7 nitrogen and oxygen atoms in total. The van der Waals surface area contributed by atoms with Gasteiger partial charge in [0.2, 0.25) is 5.95 Å². The Hall–Kier alpha value is -3.16. The molecule has 130 valence electrons. The van der Waals surface area contributed by atoms with Crippen LogP contribution in [0.3, 0.4) is 0 Å². The van der Waals surface area contributed by atoms with Crippen LogP contribution >= 0.6 is 11.6 Å². The van der Waals surface area contributed by atoms with Crippen LogP contribution in [0.2, 0.25) is 5.02 Å². The summed E-state index contributed by atoms with van der Waals surface area (Å²) in [4.78, 5) is 8.98. The molecule has 0 aliphatic heterocycles. The van der Waals surface area contributed by atoms with Gasteiger partial charge < -0.3 is 15.7 Å². The lowest BCUT2D eigenvalue weighted by Gasteiger charge is -2.12. The minimum Gasteiger partial charge on any atom is -0.392 e. The molecule has 0 aliphatic rings. The molecule has 0 spiro atoms. The number of H-pyrrole nitrogens is 1. The minimum absolute atomic E-state index is 0.0831. The highest BCUT2D eigenvalue weighted by atomic mass is 35.5. The van der Waals surface area contributed by atoms with Crippen molar-refractivity contribution in [2.45, 2.75) is 6.61 Å². The van der Waals surface area contributed by atoms with Crippen LogP contribution in [0.1, 0.15) is 5.56 Å². The van der Waals surface area contributed by atoms with Gasteiger partial charge in [-0.1, -0.05) is 41.9 Å². The number of benzene rings is 2. The predicted molar refractivity (Wildman–Crippen MR) is 102 cm³/mol. The summed E-state index contributed by atoms with van der Waals surface area (Å²) in [6.07, 6.45) is 1.65. The smallest absolute Gasteiger partial charge is 0.231 e. The van der Waals surface area contributed by atoms with Crippen molar-refractivity contribution in [1.29, 1.82) is 0 Å². The van der Waals surface area contributed by atoms with Gasteiger partial charge in [-0.2, -0.15) is 15.1 Å². The van der Waals surface area contributed by atoms with E-state index in [1.807, 2.05) is 42.5 Å². The van der Waals surface area contributed by atoms with E-state index in [4.69, 9.17) is 11.6 Å². The van der Waals surface area contributed by atoms with Crippen molar-refractivity contribution in [2.24, 2.45) is 0 Å². The molecular weight excluding hydrogens is 352 g/mol. The number of aliphatic hydroxyl groups is 1. The van der Waals surface area contributed by atoms with Crippen molar-refractivity contribution in [3.8, 4) is 0 Å². The number of para-hydroxylation sites is 2. The Labute approximate surface area is 154 Å². The van der Waals surface area contributed by atoms with E-state index in [2.05, 4.69) is 30.8 Å². The highest BCUT2D eigenvalue weighted by molar-refractivity contribution is 6.33. The van der Waals surface area contributed by atoms with Gasteiger partial charge in [0.1, 0.15) is 5.82 Å². The van der Waals surface area contributed by atoms with Gasteiger partial charge in [-0.3, -0.25) is 5.10 Å². The molecule has 0 aliphatic carbocycles. The van der Waals surface area contributed by atoms with E-state index in [0.29, 0.717) is 22.4 Å². The summed E-state index contributed by atoms with van der Waals surface area (Å²) >= 11 is 6.24. The van der Waals surface area contributed by atoms with E-state index in [9.17, 15) is 5.11 Å². The van der Waals surface area contributed by atoms with Crippen LogP contribution in [0, 0.1) is 0 Å². The Bertz CT molecular complexity index is 1060. The first-order valence-corrected chi connectivity index (χ1v) is 8.31. The van der Waals surface area contributed by atoms with E-state index in [1.54, 1.807) is 12.3 Å². The summed E-state index contributed by atoms with van der Waals surface area (Å²) < 4.78 is 0. The minimum atomic E-state index is -0.0831. The maximum atomic E-state index is 9.49. The van der Waals surface area contributed by atoms with Crippen molar-refractivity contribution in [2.75, 3.05) is 10.6 Å². The normalized spacial score (nSPS) is 10.8. The zero-order valence-corrected chi connectivity index (χ0v) is 14.3. The number of rotatable bonds is 5. The van der Waals surface area contributed by atoms with Crippen molar-refractivity contribution < 1.29 is 5.11 Å². The molecule has 4 aromatic rings. The molecule has 2 aromatic carbocycles. The molecule has 2 aromatic heterocycles. The van der Waals surface area contributed by atoms with Crippen molar-refractivity contribution in [1.82, 2.24) is 20.2 Å². The van der Waals surface area contributed by atoms with E-state index in [0.717, 1.165) is 22.3 Å². The molecule has 26 heavy (non-hydrogen) atoms. The summed E-state index contributed by atoms with van der Waals surface area (Å²) in [5.41, 5.74) is 2.80. The van der Waals surface area contributed by atoms with Gasteiger partial charge in [0.15, 0.2) is 5.65 Å². The van der Waals surface area contributed by atoms with Gasteiger partial charge >= 0.3 is 0 Å². The number of halogens is 1. The third-order valence-corrected chi connectivity index (χ3v) is 4.20. The Kier molecular flexibility index (Phi) is 4.39. The number of anilines is 4. The van der Waals surface area contributed by atoms with Gasteiger partial charge in [-0.05, 0) is 18.2 Å². The fourth-order valence-electron chi connectivity index (χ4n) is 2.58. The van der Waals surface area contributed by atoms with Crippen molar-refractivity contribution in [3.05, 3.63) is 65.3 Å². The highest BCUT2D eigenvalue weighted by Crippen LogP contribution is 2.29. The van der Waals surface area contributed by atoms with E-state index in [1.165, 1.54) is 0 Å². The number of aromatic amines is 1. The van der Waals surface area contributed by atoms with Gasteiger partial charge in [0.25, 0.3) is 0 Å². The summed E-state index contributed by atoms with van der Waals surface area (Å²) in [7, 11) is 0. The monoisotopic (exact) mass is 366 g/mol. The Morgan fingerprint density at radius 2 is 1.73 bits per heavy atom. The maximum absolute atomic E-state index is 9.49. The number of hydrogen-bond acceptors (Lipinski definition) is 6. The number of fused-ring (bicyclic) bond motifs is 1. The molecule has 0 saturated heterocycles. The first-order chi connectivity index (χ1) is 12.7. The Morgan fingerprint density at radius 3 is 2.54 bits per heavy atom. The van der Waals surface area contributed by atoms with Gasteiger partial charge in [0.05, 0.1) is 28.9 Å². The molecule has 4 rings (SSSR count). The Balaban J connectivity index is 1.74. The maximum Gasteiger partial charge on any atom is 0.231 e. The first-order valence-electron chi connectivity index (χ1n) is 7.93. The summed E-state index contributed by atoms with van der Waals surface area (Å²) in [6.45, 7) is -0.0831. The van der Waals surface area contributed by atoms with Gasteiger partial charge in [0, 0.05) is 11.3 Å². The zero-order chi connectivity index (χ0) is 17.9. The fourth-order valence-corrected chi connectivity index (χ4v) is 2.76. The molecule has 4 N–H and O–H groups in total. The molecule has 0 atom stereocenters. The summed E-state index contributed by atoms with van der Waals surface area (Å²) in [5.74, 6) is 0.943. The average Bonchev–Trinajstić information content (AvgIpc) is 3.13. The Morgan fingerprint density at radius 1 is 0.962 bits per heavy atom. The van der Waals surface area contributed by atoms with Crippen LogP contribution in [0.25, 0.3) is 11.0 Å². The molecular formula is C18H15ClN6O. The third kappa shape index (κ3) is 3.17. The highest BCUT2D eigenvalue weighted by Gasteiger charge is 2.12. The molecule has 8 heteroatoms. The molecule has 0 bridgehead atoms. The lowest BCUT2D eigenvalue weighted by atomic mass is 10.2. The van der Waals surface area contributed by atoms with Crippen LogP contribution in [-0.2, 0) is 6.61 Å². The number of nitrogens with zero attached hydrogens (tertiary/aromatic N) is 3. The van der Waals surface area contributed by atoms with E-state index < -0.39 is 0 Å². The standard InChI is InChI=1S/C18H15ClN6O/c19-13-6-2-4-8-15(13)21-16-12-9-20-25-17(12)24-18(23-16)22-14-7-3-1-5-11(14)10-26/h1-9,26H,10H2,(H3,20,21,22,23,24,25). The second kappa shape index (κ2) is 6.99. The topological polar surface area (TPSA) is 98.7 Å². The first kappa shape index (κ1) is 16.3. The van der Waals surface area contributed by atoms with Crippen LogP contribution in [-0.4, -0.2) is 25.3 Å². The van der Waals surface area contributed by atoms with Crippen LogP contribution < -0.4 is 10.6 Å². The van der Waals surface area contributed by atoms with Gasteiger partial charge in [-0.15, -0.1) is 0 Å². The van der Waals surface area contributed by atoms with Gasteiger partial charge in [-0.25, -0.2) is 0 Å². The SMILES string of the molecule is OCc1ccccc1Nc1nc(Nc2ccccc2Cl)c2cn[nH]c2n1. The predicted octanol–water partition coefficient (Wildman–Crippen LogP) is 3.99. The average molecular weight is 367 g/mol. The number of nitrogens with one attached hydrogen (secondary N) is 3.